The number of hydrogen-bond donors (Lipinski definition) is 1. The number of amides is 1. The van der Waals surface area contributed by atoms with E-state index >= 15 is 0 Å². The van der Waals surface area contributed by atoms with Crippen LogP contribution < -0.4 is 9.62 Å². The van der Waals surface area contributed by atoms with Gasteiger partial charge in [-0.3, -0.25) is 14.2 Å². The Balaban J connectivity index is 1.53. The van der Waals surface area contributed by atoms with E-state index in [0.717, 1.165) is 16.8 Å². The summed E-state index contributed by atoms with van der Waals surface area (Å²) in [6.45, 7) is 4.03. The molecule has 2 aromatic carbocycles. The summed E-state index contributed by atoms with van der Waals surface area (Å²) in [7, 11) is -3.76. The van der Waals surface area contributed by atoms with Crippen LogP contribution in [0, 0.1) is 0 Å². The maximum absolute atomic E-state index is 12.8. The molecule has 0 saturated carbocycles. The van der Waals surface area contributed by atoms with Crippen molar-refractivity contribution in [3.8, 4) is 0 Å². The highest BCUT2D eigenvalue weighted by Gasteiger charge is 2.30. The average Bonchev–Trinajstić information content (AvgIpc) is 3.24. The number of anilines is 2. The van der Waals surface area contributed by atoms with Gasteiger partial charge in [0.05, 0.1) is 23.3 Å². The minimum Gasteiger partial charge on any atom is -0.309 e. The van der Waals surface area contributed by atoms with Crippen LogP contribution >= 0.6 is 0 Å². The summed E-state index contributed by atoms with van der Waals surface area (Å²) >= 11 is 0. The first-order valence-electron chi connectivity index (χ1n) is 9.35. The van der Waals surface area contributed by atoms with Crippen LogP contribution in [0.4, 0.5) is 11.4 Å². The highest BCUT2D eigenvalue weighted by atomic mass is 32.2. The third kappa shape index (κ3) is 3.88. The molecule has 0 radical (unpaired) electrons. The number of nitrogens with zero attached hydrogens (tertiary/aromatic N) is 3. The molecule has 0 spiro atoms. The number of benzene rings is 2. The quantitative estimate of drug-likeness (QED) is 0.701. The van der Waals surface area contributed by atoms with Gasteiger partial charge in [0.2, 0.25) is 5.91 Å². The Bertz CT molecular complexity index is 1160. The van der Waals surface area contributed by atoms with Crippen molar-refractivity contribution in [3.05, 3.63) is 72.1 Å². The van der Waals surface area contributed by atoms with Gasteiger partial charge in [-0.25, -0.2) is 8.42 Å². The molecule has 0 bridgehead atoms. The monoisotopic (exact) mass is 410 g/mol. The third-order valence-corrected chi connectivity index (χ3v) is 6.37. The summed E-state index contributed by atoms with van der Waals surface area (Å²) < 4.78 is 29.9. The van der Waals surface area contributed by atoms with E-state index in [1.165, 1.54) is 19.2 Å². The third-order valence-electron chi connectivity index (χ3n) is 4.99. The van der Waals surface area contributed by atoms with Gasteiger partial charge in [-0.15, -0.1) is 0 Å². The molecule has 1 aliphatic rings. The second-order valence-electron chi connectivity index (χ2n) is 7.25. The fourth-order valence-corrected chi connectivity index (χ4v) is 4.82. The molecule has 7 nitrogen and oxygen atoms in total. The zero-order valence-electron chi connectivity index (χ0n) is 16.2. The fourth-order valence-electron chi connectivity index (χ4n) is 3.74. The highest BCUT2D eigenvalue weighted by Crippen LogP contribution is 2.34. The van der Waals surface area contributed by atoms with E-state index in [9.17, 15) is 13.2 Å². The van der Waals surface area contributed by atoms with E-state index in [2.05, 4.69) is 9.82 Å². The molecule has 1 aliphatic heterocycles. The first-order valence-corrected chi connectivity index (χ1v) is 10.8. The van der Waals surface area contributed by atoms with Crippen molar-refractivity contribution < 1.29 is 13.2 Å². The summed E-state index contributed by atoms with van der Waals surface area (Å²) in [4.78, 5) is 13.7. The van der Waals surface area contributed by atoms with Crippen LogP contribution in [-0.4, -0.2) is 30.1 Å². The van der Waals surface area contributed by atoms with E-state index in [4.69, 9.17) is 0 Å². The molecule has 1 unspecified atom stereocenters. The van der Waals surface area contributed by atoms with Crippen LogP contribution in [0.25, 0.3) is 0 Å². The van der Waals surface area contributed by atoms with Gasteiger partial charge in [-0.1, -0.05) is 30.3 Å². The molecular weight excluding hydrogens is 388 g/mol. The lowest BCUT2D eigenvalue weighted by Gasteiger charge is -2.20. The van der Waals surface area contributed by atoms with Gasteiger partial charge in [0.25, 0.3) is 10.0 Å². The summed E-state index contributed by atoms with van der Waals surface area (Å²) in [5.74, 6) is -0.0455. The number of carbonyl (C=O) groups excluding carboxylic acids is 1. The van der Waals surface area contributed by atoms with Crippen molar-refractivity contribution in [1.82, 2.24) is 9.78 Å². The molecule has 1 N–H and O–H groups in total. The van der Waals surface area contributed by atoms with Gasteiger partial charge < -0.3 is 4.90 Å². The normalized spacial score (nSPS) is 15.9. The Morgan fingerprint density at radius 1 is 1.21 bits per heavy atom. The lowest BCUT2D eigenvalue weighted by atomic mass is 10.1. The topological polar surface area (TPSA) is 84.3 Å². The number of sulfonamides is 1. The molecule has 3 aromatic rings. The van der Waals surface area contributed by atoms with Gasteiger partial charge in [0.15, 0.2) is 0 Å². The van der Waals surface area contributed by atoms with Gasteiger partial charge in [0.1, 0.15) is 0 Å². The molecule has 4 rings (SSSR count). The number of aromatic nitrogens is 2. The van der Waals surface area contributed by atoms with Crippen LogP contribution in [0.2, 0.25) is 0 Å². The molecule has 2 heterocycles. The number of nitrogens with one attached hydrogen (secondary N) is 1. The van der Waals surface area contributed by atoms with Crippen molar-refractivity contribution in [2.24, 2.45) is 0 Å². The Labute approximate surface area is 170 Å². The summed E-state index contributed by atoms with van der Waals surface area (Å²) in [6, 6.07) is 14.7. The molecule has 150 valence electrons. The van der Waals surface area contributed by atoms with Gasteiger partial charge >= 0.3 is 0 Å². The molecule has 8 heteroatoms. The van der Waals surface area contributed by atoms with E-state index in [1.807, 2.05) is 37.3 Å². The van der Waals surface area contributed by atoms with Gasteiger partial charge in [0, 0.05) is 24.8 Å². The molecule has 0 fully saturated rings. The van der Waals surface area contributed by atoms with E-state index in [-0.39, 0.29) is 16.8 Å². The highest BCUT2D eigenvalue weighted by molar-refractivity contribution is 7.92. The molecule has 0 saturated heterocycles. The molecule has 1 amide bonds. The molecule has 1 aromatic heterocycles. The number of fused-ring (bicyclic) bond motifs is 1. The van der Waals surface area contributed by atoms with Crippen molar-refractivity contribution in [3.63, 3.8) is 0 Å². The zero-order valence-corrected chi connectivity index (χ0v) is 17.1. The molecular formula is C21H22N4O3S. The smallest absolute Gasteiger partial charge is 0.262 e. The SMILES string of the molecule is CC(=O)N1c2ccc(S(=O)(=O)Nc3cnn(Cc4ccccc4)c3)cc2CC1C. The largest absolute Gasteiger partial charge is 0.309 e. The van der Waals surface area contributed by atoms with Crippen molar-refractivity contribution in [2.45, 2.75) is 37.8 Å². The summed E-state index contributed by atoms with van der Waals surface area (Å²) in [5.41, 5.74) is 3.11. The molecule has 1 atom stereocenters. The standard InChI is InChI=1S/C21H22N4O3S/c1-15-10-18-11-20(8-9-21(18)25(15)16(2)26)29(27,28)23-19-12-22-24(14-19)13-17-6-4-3-5-7-17/h3-9,11-12,14-15,23H,10,13H2,1-2H3. The van der Waals surface area contributed by atoms with Crippen molar-refractivity contribution >= 4 is 27.3 Å². The maximum Gasteiger partial charge on any atom is 0.262 e. The Hall–Kier alpha value is -3.13. The maximum atomic E-state index is 12.8. The first-order chi connectivity index (χ1) is 13.8. The number of carbonyl (C=O) groups is 1. The molecule has 0 aliphatic carbocycles. The number of hydrogen-bond acceptors (Lipinski definition) is 4. The van der Waals surface area contributed by atoms with Crippen molar-refractivity contribution in [1.29, 1.82) is 0 Å². The zero-order chi connectivity index (χ0) is 20.6. The Morgan fingerprint density at radius 3 is 2.69 bits per heavy atom. The second-order valence-corrected chi connectivity index (χ2v) is 8.93. The van der Waals surface area contributed by atoms with Crippen LogP contribution in [0.15, 0.2) is 65.8 Å². The first kappa shape index (κ1) is 19.2. The van der Waals surface area contributed by atoms with Crippen molar-refractivity contribution in [2.75, 3.05) is 9.62 Å². The van der Waals surface area contributed by atoms with Crippen LogP contribution in [-0.2, 0) is 27.8 Å². The van der Waals surface area contributed by atoms with Gasteiger partial charge in [-0.2, -0.15) is 5.10 Å². The van der Waals surface area contributed by atoms with E-state index in [0.29, 0.717) is 18.7 Å². The predicted octanol–water partition coefficient (Wildman–Crippen LogP) is 3.03. The summed E-state index contributed by atoms with van der Waals surface area (Å²) in [6.07, 6.45) is 3.79. The fraction of sp³-hybridized carbons (Fsp3) is 0.238. The minimum atomic E-state index is -3.76. The van der Waals surface area contributed by atoms with Crippen LogP contribution in [0.5, 0.6) is 0 Å². The number of rotatable bonds is 5. The van der Waals surface area contributed by atoms with E-state index < -0.39 is 10.0 Å². The summed E-state index contributed by atoms with van der Waals surface area (Å²) in [5, 5.41) is 4.23. The van der Waals surface area contributed by atoms with Crippen LogP contribution in [0.1, 0.15) is 25.0 Å². The average molecular weight is 410 g/mol. The van der Waals surface area contributed by atoms with E-state index in [1.54, 1.807) is 27.9 Å². The predicted molar refractivity (Wildman–Crippen MR) is 111 cm³/mol. The second kappa shape index (κ2) is 7.36. The lowest BCUT2D eigenvalue weighted by molar-refractivity contribution is -0.116. The Morgan fingerprint density at radius 2 is 1.97 bits per heavy atom. The minimum absolute atomic E-state index is 0.0182. The van der Waals surface area contributed by atoms with Gasteiger partial charge in [-0.05, 0) is 42.7 Å². The Kier molecular flexibility index (Phi) is 4.87. The molecule has 29 heavy (non-hydrogen) atoms. The lowest BCUT2D eigenvalue weighted by Crippen LogP contribution is -2.33. The van der Waals surface area contributed by atoms with Crippen LogP contribution in [0.3, 0.4) is 0 Å².